The maximum atomic E-state index is 11.8. The van der Waals surface area contributed by atoms with Crippen LogP contribution in [0.3, 0.4) is 0 Å². The van der Waals surface area contributed by atoms with Gasteiger partial charge in [-0.15, -0.1) is 0 Å². The van der Waals surface area contributed by atoms with Gasteiger partial charge in [0.2, 0.25) is 0 Å². The molecule has 2 atom stereocenters. The summed E-state index contributed by atoms with van der Waals surface area (Å²) in [6, 6.07) is 19.0. The molecule has 4 rings (SSSR count). The molecule has 0 aliphatic heterocycles. The lowest BCUT2D eigenvalue weighted by Gasteiger charge is -2.06. The number of hydrogen-bond donors (Lipinski definition) is 0. The third kappa shape index (κ3) is 3.48. The van der Waals surface area contributed by atoms with Crippen molar-refractivity contribution in [3.05, 3.63) is 66.9 Å². The first-order valence-electron chi connectivity index (χ1n) is 8.25. The maximum absolute atomic E-state index is 11.8. The van der Waals surface area contributed by atoms with Crippen LogP contribution < -0.4 is 0 Å². The van der Waals surface area contributed by atoms with Gasteiger partial charge in [-0.25, -0.2) is 9.50 Å². The van der Waals surface area contributed by atoms with Crippen LogP contribution in [0.2, 0.25) is 0 Å². The molecule has 2 aromatic heterocycles. The summed E-state index contributed by atoms with van der Waals surface area (Å²) >= 11 is 0. The maximum Gasteiger partial charge on any atom is 0.154 e. The fourth-order valence-electron chi connectivity index (χ4n) is 2.88. The average molecular weight is 396 g/mol. The van der Waals surface area contributed by atoms with Crippen LogP contribution in [0.5, 0.6) is 0 Å². The summed E-state index contributed by atoms with van der Waals surface area (Å²) in [6.45, 7) is 0. The van der Waals surface area contributed by atoms with Gasteiger partial charge in [-0.3, -0.25) is 8.42 Å². The van der Waals surface area contributed by atoms with Gasteiger partial charge in [0.1, 0.15) is 0 Å². The van der Waals surface area contributed by atoms with Gasteiger partial charge in [0, 0.05) is 55.0 Å². The van der Waals surface area contributed by atoms with Crippen LogP contribution in [-0.4, -0.2) is 35.5 Å². The van der Waals surface area contributed by atoms with E-state index in [1.807, 2.05) is 60.7 Å². The van der Waals surface area contributed by atoms with E-state index >= 15 is 0 Å². The Balaban J connectivity index is 1.81. The fourth-order valence-corrected chi connectivity index (χ4v) is 3.96. The van der Waals surface area contributed by atoms with Crippen LogP contribution in [0.15, 0.2) is 76.7 Å². The summed E-state index contributed by atoms with van der Waals surface area (Å²) < 4.78 is 25.2. The van der Waals surface area contributed by atoms with Crippen LogP contribution in [0.1, 0.15) is 0 Å². The highest BCUT2D eigenvalue weighted by Gasteiger charge is 2.10. The lowest BCUT2D eigenvalue weighted by Crippen LogP contribution is -1.97. The Labute approximate surface area is 162 Å². The van der Waals surface area contributed by atoms with E-state index in [2.05, 4.69) is 4.98 Å². The molecule has 0 saturated carbocycles. The standard InChI is InChI=1S/C20H17N3O2S2/c1-26(24)16-8-6-14(7-9-16)19-13-21-20-11-10-18(22-23(19)20)15-4-3-5-17(12-15)27(2)25/h3-13H,1-2H3. The minimum absolute atomic E-state index is 0.743. The predicted molar refractivity (Wildman–Crippen MR) is 109 cm³/mol. The number of nitrogens with zero attached hydrogens (tertiary/aromatic N) is 3. The van der Waals surface area contributed by atoms with Gasteiger partial charge in [-0.05, 0) is 36.4 Å². The second-order valence-corrected chi connectivity index (χ2v) is 8.85. The van der Waals surface area contributed by atoms with Crippen LogP contribution in [-0.2, 0) is 21.6 Å². The summed E-state index contributed by atoms with van der Waals surface area (Å²) in [6.07, 6.45) is 5.10. The van der Waals surface area contributed by atoms with Crippen molar-refractivity contribution in [3.8, 4) is 22.5 Å². The molecule has 0 aliphatic carbocycles. The molecule has 27 heavy (non-hydrogen) atoms. The largest absolute Gasteiger partial charge is 0.255 e. The molecule has 0 spiro atoms. The van der Waals surface area contributed by atoms with Gasteiger partial charge >= 0.3 is 0 Å². The Hall–Kier alpha value is -2.64. The van der Waals surface area contributed by atoms with E-state index < -0.39 is 21.6 Å². The molecule has 0 saturated heterocycles. The molecule has 7 heteroatoms. The third-order valence-corrected chi connectivity index (χ3v) is 6.16. The molecule has 2 aromatic carbocycles. The van der Waals surface area contributed by atoms with Crippen molar-refractivity contribution in [2.45, 2.75) is 9.79 Å². The van der Waals surface area contributed by atoms with Gasteiger partial charge in [0.15, 0.2) is 5.65 Å². The molecule has 0 N–H and O–H groups in total. The Bertz CT molecular complexity index is 1180. The zero-order valence-corrected chi connectivity index (χ0v) is 16.5. The van der Waals surface area contributed by atoms with Gasteiger partial charge < -0.3 is 0 Å². The van der Waals surface area contributed by atoms with Crippen molar-refractivity contribution in [1.82, 2.24) is 14.6 Å². The Kier molecular flexibility index (Phi) is 4.72. The van der Waals surface area contributed by atoms with Crippen molar-refractivity contribution in [1.29, 1.82) is 0 Å². The molecule has 5 nitrogen and oxygen atoms in total. The van der Waals surface area contributed by atoms with Gasteiger partial charge in [0.05, 0.1) is 17.6 Å². The SMILES string of the molecule is CS(=O)c1ccc(-c2cnc3ccc(-c4cccc(S(C)=O)c4)nn23)cc1. The van der Waals surface area contributed by atoms with E-state index in [9.17, 15) is 8.42 Å². The van der Waals surface area contributed by atoms with E-state index in [0.29, 0.717) is 0 Å². The molecule has 2 unspecified atom stereocenters. The minimum Gasteiger partial charge on any atom is -0.255 e. The predicted octanol–water partition coefficient (Wildman–Crippen LogP) is 3.54. The second kappa shape index (κ2) is 7.17. The van der Waals surface area contributed by atoms with Gasteiger partial charge in [-0.2, -0.15) is 5.10 Å². The molecule has 0 fully saturated rings. The number of aromatic nitrogens is 3. The third-order valence-electron chi connectivity index (χ3n) is 4.31. The first-order chi connectivity index (χ1) is 13.0. The number of hydrogen-bond acceptors (Lipinski definition) is 4. The normalized spacial score (nSPS) is 13.6. The summed E-state index contributed by atoms with van der Waals surface area (Å²) in [5.41, 5.74) is 4.23. The van der Waals surface area contributed by atoms with Crippen LogP contribution in [0.25, 0.3) is 28.2 Å². The number of fused-ring (bicyclic) bond motifs is 1. The molecular weight excluding hydrogens is 378 g/mol. The van der Waals surface area contributed by atoms with E-state index in [4.69, 9.17) is 5.10 Å². The number of benzene rings is 2. The van der Waals surface area contributed by atoms with Crippen molar-refractivity contribution in [2.75, 3.05) is 12.5 Å². The van der Waals surface area contributed by atoms with E-state index in [-0.39, 0.29) is 0 Å². The van der Waals surface area contributed by atoms with Gasteiger partial charge in [0.25, 0.3) is 0 Å². The summed E-state index contributed by atoms with van der Waals surface area (Å²) in [7, 11) is -2.05. The lowest BCUT2D eigenvalue weighted by atomic mass is 10.1. The molecule has 4 aromatic rings. The monoisotopic (exact) mass is 395 g/mol. The summed E-state index contributed by atoms with van der Waals surface area (Å²) in [5, 5.41) is 4.73. The number of rotatable bonds is 4. The smallest absolute Gasteiger partial charge is 0.154 e. The lowest BCUT2D eigenvalue weighted by molar-refractivity contribution is 0.686. The average Bonchev–Trinajstić information content (AvgIpc) is 3.11. The molecule has 136 valence electrons. The zero-order chi connectivity index (χ0) is 19.0. The molecule has 0 bridgehead atoms. The fraction of sp³-hybridized carbons (Fsp3) is 0.100. The summed E-state index contributed by atoms with van der Waals surface area (Å²) in [5.74, 6) is 0. The van der Waals surface area contributed by atoms with E-state index in [0.717, 1.165) is 38.0 Å². The highest BCUT2D eigenvalue weighted by atomic mass is 32.2. The first-order valence-corrected chi connectivity index (χ1v) is 11.4. The topological polar surface area (TPSA) is 64.3 Å². The van der Waals surface area contributed by atoms with Gasteiger partial charge in [-0.1, -0.05) is 24.3 Å². The van der Waals surface area contributed by atoms with Crippen molar-refractivity contribution in [3.63, 3.8) is 0 Å². The summed E-state index contributed by atoms with van der Waals surface area (Å²) in [4.78, 5) is 5.97. The first kappa shape index (κ1) is 17.8. The highest BCUT2D eigenvalue weighted by Crippen LogP contribution is 2.24. The molecule has 0 amide bonds. The van der Waals surface area contributed by atoms with Crippen LogP contribution in [0, 0.1) is 0 Å². The van der Waals surface area contributed by atoms with E-state index in [1.54, 1.807) is 23.2 Å². The zero-order valence-electron chi connectivity index (χ0n) is 14.8. The Morgan fingerprint density at radius 1 is 0.815 bits per heavy atom. The van der Waals surface area contributed by atoms with Crippen LogP contribution >= 0.6 is 0 Å². The molecule has 0 radical (unpaired) electrons. The molecular formula is C20H17N3O2S2. The van der Waals surface area contributed by atoms with Crippen molar-refractivity contribution in [2.24, 2.45) is 0 Å². The van der Waals surface area contributed by atoms with Crippen molar-refractivity contribution >= 4 is 27.2 Å². The molecule has 2 heterocycles. The second-order valence-electron chi connectivity index (χ2n) is 6.09. The number of imidazole rings is 1. The highest BCUT2D eigenvalue weighted by molar-refractivity contribution is 7.84. The van der Waals surface area contributed by atoms with Crippen molar-refractivity contribution < 1.29 is 8.42 Å². The Morgan fingerprint density at radius 3 is 2.26 bits per heavy atom. The van der Waals surface area contributed by atoms with Crippen LogP contribution in [0.4, 0.5) is 0 Å². The Morgan fingerprint density at radius 2 is 1.56 bits per heavy atom. The minimum atomic E-state index is -1.04. The quantitative estimate of drug-likeness (QED) is 0.530. The molecule has 0 aliphatic rings. The van der Waals surface area contributed by atoms with E-state index in [1.165, 1.54) is 0 Å².